The first-order valence-electron chi connectivity index (χ1n) is 10.6. The number of aryl methyl sites for hydroxylation is 3. The molecule has 0 unspecified atom stereocenters. The van der Waals surface area contributed by atoms with E-state index >= 15 is 0 Å². The normalized spacial score (nSPS) is 10.8. The molecule has 11 heteroatoms. The first-order valence-corrected chi connectivity index (χ1v) is 14.6. The Labute approximate surface area is 218 Å². The summed E-state index contributed by atoms with van der Waals surface area (Å²) in [4.78, 5) is 33.5. The van der Waals surface area contributed by atoms with E-state index in [0.29, 0.717) is 34.5 Å². The minimum Gasteiger partial charge on any atom is -0.385 e. The third kappa shape index (κ3) is 10.9. The van der Waals surface area contributed by atoms with E-state index in [9.17, 15) is 9.59 Å². The van der Waals surface area contributed by atoms with Crippen LogP contribution in [-0.2, 0) is 22.5 Å². The Hall–Kier alpha value is -1.01. The summed E-state index contributed by atoms with van der Waals surface area (Å²) in [5.41, 5.74) is 2.37. The molecule has 2 rings (SSSR count). The first kappa shape index (κ1) is 32.0. The predicted octanol–water partition coefficient (Wildman–Crippen LogP) is 5.77. The molecule has 2 aromatic rings. The molecule has 0 atom stereocenters. The number of ether oxygens (including phenoxy) is 1. The van der Waals surface area contributed by atoms with Gasteiger partial charge in [0.1, 0.15) is 10.8 Å². The maximum atomic E-state index is 12.5. The zero-order chi connectivity index (χ0) is 25.4. The van der Waals surface area contributed by atoms with Crippen molar-refractivity contribution in [3.8, 4) is 0 Å². The number of thioether (sulfide) groups is 1. The Morgan fingerprint density at radius 3 is 2.27 bits per heavy atom. The fraction of sp³-hybridized carbons (Fsp3) is 0.591. The summed E-state index contributed by atoms with van der Waals surface area (Å²) in [6, 6.07) is 0. The van der Waals surface area contributed by atoms with Gasteiger partial charge in [-0.15, -0.1) is 11.3 Å². The molecule has 0 spiro atoms. The Bertz CT molecular complexity index is 944. The van der Waals surface area contributed by atoms with E-state index in [-0.39, 0.29) is 12.1 Å². The van der Waals surface area contributed by atoms with Crippen LogP contribution in [0.25, 0.3) is 0 Å². The van der Waals surface area contributed by atoms with Crippen molar-refractivity contribution in [2.75, 3.05) is 26.2 Å². The fourth-order valence-electron chi connectivity index (χ4n) is 2.46. The third-order valence-corrected chi connectivity index (χ3v) is 6.84. The lowest BCUT2D eigenvalue weighted by Crippen LogP contribution is -2.26. The number of rotatable bonds is 9. The molecule has 0 amide bonds. The van der Waals surface area contributed by atoms with Crippen molar-refractivity contribution in [2.24, 2.45) is 4.40 Å². The summed E-state index contributed by atoms with van der Waals surface area (Å²) >= 11 is 7.73. The second-order valence-corrected chi connectivity index (χ2v) is 9.91. The molecular weight excluding hydrogens is 544 g/mol. The number of nitrogens with zero attached hydrogens (tertiary/aromatic N) is 4. The van der Waals surface area contributed by atoms with Crippen LogP contribution in [0.1, 0.15) is 54.9 Å². The van der Waals surface area contributed by atoms with Crippen molar-refractivity contribution in [1.82, 2.24) is 14.5 Å². The van der Waals surface area contributed by atoms with Crippen molar-refractivity contribution < 1.29 is 9.53 Å². The van der Waals surface area contributed by atoms with Gasteiger partial charge in [0.15, 0.2) is 5.16 Å². The molecule has 0 fully saturated rings. The van der Waals surface area contributed by atoms with Gasteiger partial charge in [-0.25, -0.2) is 14.4 Å². The highest BCUT2D eigenvalue weighted by Gasteiger charge is 2.17. The predicted molar refractivity (Wildman–Crippen MR) is 148 cm³/mol. The van der Waals surface area contributed by atoms with Gasteiger partial charge in [0.2, 0.25) is 0 Å². The summed E-state index contributed by atoms with van der Waals surface area (Å²) in [5.74, 6) is 0. The number of thiazole rings is 1. The minimum absolute atomic E-state index is 0.000589. The summed E-state index contributed by atoms with van der Waals surface area (Å²) in [6.45, 7) is 11.0. The van der Waals surface area contributed by atoms with Crippen LogP contribution in [0.2, 0.25) is 0 Å². The second kappa shape index (κ2) is 18.3. The number of methoxy groups -OCH3 is 1. The lowest BCUT2D eigenvalue weighted by molar-refractivity contribution is -0.108. The summed E-state index contributed by atoms with van der Waals surface area (Å²) in [6.07, 6.45) is 6.93. The number of aromatic nitrogens is 3. The van der Waals surface area contributed by atoms with Crippen LogP contribution in [0.5, 0.6) is 0 Å². The zero-order valence-corrected chi connectivity index (χ0v) is 24.8. The highest BCUT2D eigenvalue weighted by molar-refractivity contribution is 9.10. The van der Waals surface area contributed by atoms with Crippen molar-refractivity contribution >= 4 is 63.0 Å². The quantitative estimate of drug-likeness (QED) is 0.123. The van der Waals surface area contributed by atoms with Crippen molar-refractivity contribution in [1.29, 1.82) is 0 Å². The molecule has 0 aliphatic heterocycles. The molecule has 0 aliphatic carbocycles. The molecule has 0 aliphatic rings. The molecule has 0 bridgehead atoms. The molecular formula is C22H35BrN4O3S3. The highest BCUT2D eigenvalue weighted by Crippen LogP contribution is 2.23. The molecule has 0 saturated heterocycles. The number of carbonyl (C=O) groups is 1. The highest BCUT2D eigenvalue weighted by atomic mass is 79.9. The van der Waals surface area contributed by atoms with Gasteiger partial charge in [-0.05, 0) is 67.7 Å². The minimum atomic E-state index is -0.236. The van der Waals surface area contributed by atoms with Crippen LogP contribution >= 0.6 is 51.0 Å². The molecule has 2 heterocycles. The van der Waals surface area contributed by atoms with E-state index in [1.165, 1.54) is 34.7 Å². The molecule has 186 valence electrons. The van der Waals surface area contributed by atoms with Crippen LogP contribution in [0.4, 0.5) is 0 Å². The Balaban J connectivity index is 0.00000129. The average Bonchev–Trinajstić information content (AvgIpc) is 3.14. The van der Waals surface area contributed by atoms with Gasteiger partial charge in [-0.3, -0.25) is 9.36 Å². The van der Waals surface area contributed by atoms with Crippen LogP contribution < -0.4 is 5.56 Å². The molecule has 33 heavy (non-hydrogen) atoms. The third-order valence-electron chi connectivity index (χ3n) is 3.84. The molecule has 0 N–H and O–H groups in total. The zero-order valence-electron chi connectivity index (χ0n) is 20.7. The standard InChI is InChI=1S/C16H19BrN4O2S3.C3H8O.C3H8/c1-9-14(26-10(2)18-9)12(20-25-4)6-5-11-13(17)15(23)21(7-8-22)16(19-11)24-3;1-3-4-2;1-3-2/h8H,5-7H2,1-4H3;3H2,1-2H3;3H2,1-2H3/b20-12-;;. The van der Waals surface area contributed by atoms with Gasteiger partial charge in [0, 0.05) is 20.0 Å². The molecule has 0 radical (unpaired) electrons. The second-order valence-electron chi connectivity index (χ2n) is 6.59. The van der Waals surface area contributed by atoms with Crippen LogP contribution in [0.3, 0.4) is 0 Å². The molecule has 0 aromatic carbocycles. The maximum absolute atomic E-state index is 12.5. The van der Waals surface area contributed by atoms with E-state index in [1.807, 2.05) is 33.3 Å². The number of hydrogen-bond donors (Lipinski definition) is 0. The summed E-state index contributed by atoms with van der Waals surface area (Å²) in [7, 11) is 1.68. The van der Waals surface area contributed by atoms with E-state index < -0.39 is 0 Å². The van der Waals surface area contributed by atoms with Gasteiger partial charge in [0.25, 0.3) is 5.56 Å². The lowest BCUT2D eigenvalue weighted by Gasteiger charge is -2.12. The van der Waals surface area contributed by atoms with Gasteiger partial charge in [-0.2, -0.15) is 0 Å². The number of halogens is 1. The maximum Gasteiger partial charge on any atom is 0.269 e. The Morgan fingerprint density at radius 2 is 1.85 bits per heavy atom. The van der Waals surface area contributed by atoms with Gasteiger partial charge in [-0.1, -0.05) is 32.0 Å². The van der Waals surface area contributed by atoms with Crippen molar-refractivity contribution in [3.05, 3.63) is 36.1 Å². The largest absolute Gasteiger partial charge is 0.385 e. The number of aldehydes is 1. The Morgan fingerprint density at radius 1 is 1.24 bits per heavy atom. The van der Waals surface area contributed by atoms with Gasteiger partial charge >= 0.3 is 0 Å². The number of hydrogen-bond acceptors (Lipinski definition) is 9. The molecule has 7 nitrogen and oxygen atoms in total. The van der Waals surface area contributed by atoms with E-state index in [4.69, 9.17) is 0 Å². The fourth-order valence-corrected chi connectivity index (χ4v) is 4.94. The van der Waals surface area contributed by atoms with Gasteiger partial charge < -0.3 is 9.53 Å². The van der Waals surface area contributed by atoms with Gasteiger partial charge in [0.05, 0.1) is 33.5 Å². The molecule has 2 aromatic heterocycles. The van der Waals surface area contributed by atoms with E-state index in [1.54, 1.807) is 18.4 Å². The summed E-state index contributed by atoms with van der Waals surface area (Å²) in [5, 5.41) is 1.54. The topological polar surface area (TPSA) is 86.4 Å². The number of carbonyl (C=O) groups excluding carboxylic acids is 1. The van der Waals surface area contributed by atoms with E-state index in [2.05, 4.69) is 48.9 Å². The van der Waals surface area contributed by atoms with Crippen molar-refractivity contribution in [2.45, 2.75) is 65.6 Å². The monoisotopic (exact) mass is 578 g/mol. The Kier molecular flexibility index (Phi) is 17.8. The first-order chi connectivity index (χ1) is 15.7. The van der Waals surface area contributed by atoms with Crippen LogP contribution in [-0.4, -0.2) is 52.8 Å². The summed E-state index contributed by atoms with van der Waals surface area (Å²) < 4.78 is 10.9. The SMILES string of the molecule is CCC.CCOC.CS/N=C(/CCc1nc(SC)n(CC=O)c(=O)c1Br)c1sc(C)nc1C. The lowest BCUT2D eigenvalue weighted by atomic mass is 10.1. The van der Waals surface area contributed by atoms with Crippen molar-refractivity contribution in [3.63, 3.8) is 0 Å². The smallest absolute Gasteiger partial charge is 0.269 e. The molecule has 0 saturated carbocycles. The van der Waals surface area contributed by atoms with Crippen LogP contribution in [0.15, 0.2) is 18.8 Å². The van der Waals surface area contributed by atoms with Crippen LogP contribution in [0, 0.1) is 13.8 Å². The van der Waals surface area contributed by atoms with E-state index in [0.717, 1.165) is 27.9 Å². The average molecular weight is 580 g/mol.